The number of likely N-dealkylation sites (N-methyl/N-ethyl adjacent to an activating group) is 1. The summed E-state index contributed by atoms with van der Waals surface area (Å²) < 4.78 is 11.7. The van der Waals surface area contributed by atoms with Crippen molar-refractivity contribution in [1.82, 2.24) is 9.80 Å². The molecule has 0 aliphatic rings. The Kier molecular flexibility index (Phi) is 32.4. The van der Waals surface area contributed by atoms with Gasteiger partial charge in [0.25, 0.3) is 0 Å². The van der Waals surface area contributed by atoms with Crippen LogP contribution in [0.15, 0.2) is 0 Å². The summed E-state index contributed by atoms with van der Waals surface area (Å²) in [6, 6.07) is -0.311. The average Bonchev–Trinajstić information content (AvgIpc) is 3.10. The SMILES string of the molecule is CCCCCCCCC(CCCCCC)C(=O)OCCN(CCOC(=O)C(CCCCCC)CCCCCCCC)C(=O)C(C)N(C)CC. The van der Waals surface area contributed by atoms with E-state index in [0.717, 1.165) is 70.8 Å². The molecule has 0 saturated heterocycles. The molecule has 0 spiro atoms. The van der Waals surface area contributed by atoms with Gasteiger partial charge in [0, 0.05) is 0 Å². The van der Waals surface area contributed by atoms with Crippen LogP contribution in [0.4, 0.5) is 0 Å². The lowest BCUT2D eigenvalue weighted by molar-refractivity contribution is -0.153. The van der Waals surface area contributed by atoms with Gasteiger partial charge in [0.15, 0.2) is 0 Å². The second kappa shape index (κ2) is 33.5. The first-order valence-corrected chi connectivity index (χ1v) is 21.1. The third-order valence-electron chi connectivity index (χ3n) is 10.3. The first kappa shape index (κ1) is 47.4. The maximum absolute atomic E-state index is 13.6. The molecule has 0 aromatic carbocycles. The van der Waals surface area contributed by atoms with E-state index in [1.807, 2.05) is 25.8 Å². The van der Waals surface area contributed by atoms with Gasteiger partial charge in [-0.3, -0.25) is 19.3 Å². The van der Waals surface area contributed by atoms with Crippen molar-refractivity contribution in [1.29, 1.82) is 0 Å². The number of esters is 2. The Balaban J connectivity index is 5.26. The van der Waals surface area contributed by atoms with Crippen molar-refractivity contribution >= 4 is 17.8 Å². The second-order valence-electron chi connectivity index (χ2n) is 14.6. The Morgan fingerprint density at radius 2 is 0.796 bits per heavy atom. The minimum absolute atomic E-state index is 0.0252. The predicted molar refractivity (Wildman–Crippen MR) is 207 cm³/mol. The van der Waals surface area contributed by atoms with E-state index in [4.69, 9.17) is 9.47 Å². The van der Waals surface area contributed by atoms with Crippen LogP contribution in [0.25, 0.3) is 0 Å². The number of hydrogen-bond acceptors (Lipinski definition) is 6. The van der Waals surface area contributed by atoms with E-state index in [1.54, 1.807) is 4.90 Å². The molecule has 0 aromatic heterocycles. The zero-order chi connectivity index (χ0) is 36.5. The maximum atomic E-state index is 13.6. The van der Waals surface area contributed by atoms with Crippen LogP contribution in [0.3, 0.4) is 0 Å². The Labute approximate surface area is 304 Å². The van der Waals surface area contributed by atoms with Crippen LogP contribution < -0.4 is 0 Å². The first-order valence-electron chi connectivity index (χ1n) is 21.1. The van der Waals surface area contributed by atoms with Gasteiger partial charge in [-0.05, 0) is 46.2 Å². The van der Waals surface area contributed by atoms with Gasteiger partial charge >= 0.3 is 11.9 Å². The van der Waals surface area contributed by atoms with Gasteiger partial charge in [0.05, 0.1) is 31.0 Å². The van der Waals surface area contributed by atoms with Crippen LogP contribution in [0.2, 0.25) is 0 Å². The zero-order valence-corrected chi connectivity index (χ0v) is 33.7. The Hall–Kier alpha value is -1.63. The highest BCUT2D eigenvalue weighted by Crippen LogP contribution is 2.22. The molecule has 1 amide bonds. The van der Waals surface area contributed by atoms with Gasteiger partial charge < -0.3 is 14.4 Å². The van der Waals surface area contributed by atoms with Crippen LogP contribution in [-0.2, 0) is 23.9 Å². The van der Waals surface area contributed by atoms with Gasteiger partial charge in [0.2, 0.25) is 5.91 Å². The van der Waals surface area contributed by atoms with E-state index in [0.29, 0.717) is 13.1 Å². The third-order valence-corrected chi connectivity index (χ3v) is 10.3. The number of hydrogen-bond donors (Lipinski definition) is 0. The number of carbonyl (C=O) groups is 3. The highest BCUT2D eigenvalue weighted by Gasteiger charge is 2.26. The minimum atomic E-state index is -0.311. The van der Waals surface area contributed by atoms with Crippen LogP contribution in [0.1, 0.15) is 196 Å². The lowest BCUT2D eigenvalue weighted by Crippen LogP contribution is -2.48. The molecule has 0 radical (unpaired) electrons. The number of ether oxygens (including phenoxy) is 2. The molecule has 0 N–H and O–H groups in total. The van der Waals surface area contributed by atoms with E-state index < -0.39 is 0 Å². The Bertz CT molecular complexity index is 741. The molecule has 0 aliphatic carbocycles. The van der Waals surface area contributed by atoms with Crippen molar-refractivity contribution < 1.29 is 23.9 Å². The maximum Gasteiger partial charge on any atom is 0.308 e. The van der Waals surface area contributed by atoms with Gasteiger partial charge in [-0.15, -0.1) is 0 Å². The summed E-state index contributed by atoms with van der Waals surface area (Å²) in [5.74, 6) is -0.410. The van der Waals surface area contributed by atoms with Crippen molar-refractivity contribution in [3.63, 3.8) is 0 Å². The predicted octanol–water partition coefficient (Wildman–Crippen LogP) is 10.9. The molecular weight excluding hydrogens is 612 g/mol. The summed E-state index contributed by atoms with van der Waals surface area (Å²) >= 11 is 0. The molecule has 7 nitrogen and oxygen atoms in total. The summed E-state index contributed by atoms with van der Waals surface area (Å²) in [6.07, 6.45) is 27.2. The number of unbranched alkanes of at least 4 members (excludes halogenated alkanes) is 16. The molecule has 49 heavy (non-hydrogen) atoms. The second-order valence-corrected chi connectivity index (χ2v) is 14.6. The lowest BCUT2D eigenvalue weighted by atomic mass is 9.94. The minimum Gasteiger partial charge on any atom is -0.464 e. The summed E-state index contributed by atoms with van der Waals surface area (Å²) in [7, 11) is 1.94. The quantitative estimate of drug-likeness (QED) is 0.0485. The van der Waals surface area contributed by atoms with Gasteiger partial charge in [0.1, 0.15) is 13.2 Å². The molecular formula is C42H82N2O5. The van der Waals surface area contributed by atoms with E-state index in [9.17, 15) is 14.4 Å². The summed E-state index contributed by atoms with van der Waals surface area (Å²) in [6.45, 7) is 14.5. The number of amides is 1. The van der Waals surface area contributed by atoms with Crippen molar-refractivity contribution in [2.24, 2.45) is 11.8 Å². The highest BCUT2D eigenvalue weighted by atomic mass is 16.5. The van der Waals surface area contributed by atoms with Crippen molar-refractivity contribution in [3.05, 3.63) is 0 Å². The van der Waals surface area contributed by atoms with Crippen molar-refractivity contribution in [3.8, 4) is 0 Å². The van der Waals surface area contributed by atoms with Crippen molar-refractivity contribution in [2.75, 3.05) is 39.9 Å². The normalized spacial score (nSPS) is 13.3. The summed E-state index contributed by atoms with van der Waals surface area (Å²) in [5, 5.41) is 0. The average molecular weight is 695 g/mol. The summed E-state index contributed by atoms with van der Waals surface area (Å²) in [5.41, 5.74) is 0. The fourth-order valence-electron chi connectivity index (χ4n) is 6.54. The molecule has 0 bridgehead atoms. The molecule has 0 fully saturated rings. The fourth-order valence-corrected chi connectivity index (χ4v) is 6.54. The monoisotopic (exact) mass is 695 g/mol. The Morgan fingerprint density at radius 3 is 1.12 bits per heavy atom. The zero-order valence-electron chi connectivity index (χ0n) is 33.7. The molecule has 3 unspecified atom stereocenters. The molecule has 7 heteroatoms. The number of rotatable bonds is 35. The van der Waals surface area contributed by atoms with Gasteiger partial charge in [-0.1, -0.05) is 163 Å². The van der Waals surface area contributed by atoms with Crippen LogP contribution >= 0.6 is 0 Å². The van der Waals surface area contributed by atoms with Crippen LogP contribution in [0.5, 0.6) is 0 Å². The fraction of sp³-hybridized carbons (Fsp3) is 0.929. The van der Waals surface area contributed by atoms with E-state index in [-0.39, 0.29) is 48.9 Å². The van der Waals surface area contributed by atoms with Crippen LogP contribution in [0, 0.1) is 11.8 Å². The van der Waals surface area contributed by atoms with Crippen molar-refractivity contribution in [2.45, 2.75) is 202 Å². The molecule has 0 heterocycles. The van der Waals surface area contributed by atoms with Crippen LogP contribution in [-0.4, -0.2) is 73.6 Å². The molecule has 290 valence electrons. The first-order chi connectivity index (χ1) is 23.8. The molecule has 0 saturated carbocycles. The van der Waals surface area contributed by atoms with E-state index in [2.05, 4.69) is 27.7 Å². The molecule has 0 aliphatic heterocycles. The van der Waals surface area contributed by atoms with E-state index >= 15 is 0 Å². The molecule has 0 rings (SSSR count). The van der Waals surface area contributed by atoms with E-state index in [1.165, 1.54) is 89.9 Å². The largest absolute Gasteiger partial charge is 0.464 e. The topological polar surface area (TPSA) is 76.1 Å². The molecule has 3 atom stereocenters. The highest BCUT2D eigenvalue weighted by molar-refractivity contribution is 5.81. The third kappa shape index (κ3) is 25.0. The van der Waals surface area contributed by atoms with Gasteiger partial charge in [-0.2, -0.15) is 0 Å². The standard InChI is InChI=1S/C42H82N2O5/c1-8-13-17-21-23-27-31-38(29-25-19-15-10-3)41(46)48-35-33-44(40(45)37(6)43(7)12-5)34-36-49-42(47)39(30-26-20-16-11-4)32-28-24-22-18-14-9-2/h37-39H,8-36H2,1-7H3. The number of nitrogens with zero attached hydrogens (tertiary/aromatic N) is 2. The van der Waals surface area contributed by atoms with Gasteiger partial charge in [-0.25, -0.2) is 0 Å². The summed E-state index contributed by atoms with van der Waals surface area (Å²) in [4.78, 5) is 43.9. The molecule has 0 aromatic rings. The Morgan fingerprint density at radius 1 is 0.490 bits per heavy atom. The number of carbonyl (C=O) groups excluding carboxylic acids is 3. The smallest absolute Gasteiger partial charge is 0.308 e. The lowest BCUT2D eigenvalue weighted by Gasteiger charge is -2.30.